The fourth-order valence-corrected chi connectivity index (χ4v) is 4.11. The average molecular weight is 444 g/mol. The summed E-state index contributed by atoms with van der Waals surface area (Å²) < 4.78 is 47.4. The molecule has 0 aromatic carbocycles. The van der Waals surface area contributed by atoms with Gasteiger partial charge in [-0.2, -0.15) is 23.5 Å². The van der Waals surface area contributed by atoms with Gasteiger partial charge in [-0.1, -0.05) is 0 Å². The number of rotatable bonds is 5. The summed E-state index contributed by atoms with van der Waals surface area (Å²) in [6.45, 7) is 2.66. The summed E-state index contributed by atoms with van der Waals surface area (Å²) in [7, 11) is 1.67. The first-order valence-electron chi connectivity index (χ1n) is 10.3. The van der Waals surface area contributed by atoms with Crippen LogP contribution in [0.15, 0.2) is 36.8 Å². The van der Waals surface area contributed by atoms with E-state index in [-0.39, 0.29) is 19.0 Å². The van der Waals surface area contributed by atoms with Gasteiger partial charge in [0.25, 0.3) is 0 Å². The Labute approximate surface area is 183 Å². The molecule has 168 valence electrons. The Morgan fingerprint density at radius 2 is 2.09 bits per heavy atom. The van der Waals surface area contributed by atoms with Gasteiger partial charge in [-0.15, -0.1) is 0 Å². The van der Waals surface area contributed by atoms with E-state index in [0.717, 1.165) is 0 Å². The number of anilines is 1. The molecule has 32 heavy (non-hydrogen) atoms. The lowest BCUT2D eigenvalue weighted by atomic mass is 9.93. The van der Waals surface area contributed by atoms with Gasteiger partial charge in [0.15, 0.2) is 0 Å². The predicted octanol–water partition coefficient (Wildman–Crippen LogP) is 3.64. The van der Waals surface area contributed by atoms with Crippen LogP contribution in [0.25, 0.3) is 16.6 Å². The number of hydrogen-bond acceptors (Lipinski definition) is 6. The van der Waals surface area contributed by atoms with Crippen LogP contribution in [0.4, 0.5) is 19.0 Å². The molecule has 1 aliphatic heterocycles. The zero-order valence-corrected chi connectivity index (χ0v) is 17.7. The van der Waals surface area contributed by atoms with E-state index >= 15 is 0 Å². The maximum Gasteiger partial charge on any atom is 0.393 e. The molecular formula is C22H23F3N6O. The van der Waals surface area contributed by atoms with Gasteiger partial charge in [-0.3, -0.25) is 0 Å². The van der Waals surface area contributed by atoms with Crippen molar-refractivity contribution >= 4 is 11.3 Å². The lowest BCUT2D eigenvalue weighted by Crippen LogP contribution is -2.52. The third-order valence-corrected chi connectivity index (χ3v) is 5.72. The van der Waals surface area contributed by atoms with Crippen molar-refractivity contribution in [1.82, 2.24) is 19.9 Å². The van der Waals surface area contributed by atoms with E-state index in [0.29, 0.717) is 46.9 Å². The van der Waals surface area contributed by atoms with Crippen molar-refractivity contribution in [1.29, 1.82) is 5.26 Å². The Morgan fingerprint density at radius 3 is 2.72 bits per heavy atom. The highest BCUT2D eigenvalue weighted by molar-refractivity contribution is 5.85. The molecule has 0 bridgehead atoms. The monoisotopic (exact) mass is 444 g/mol. The molecule has 0 saturated carbocycles. The number of halogens is 3. The van der Waals surface area contributed by atoms with Crippen LogP contribution in [0.2, 0.25) is 0 Å². The van der Waals surface area contributed by atoms with Crippen LogP contribution in [-0.2, 0) is 0 Å². The molecule has 1 unspecified atom stereocenters. The second-order valence-corrected chi connectivity index (χ2v) is 7.76. The first-order chi connectivity index (χ1) is 15.3. The van der Waals surface area contributed by atoms with Crippen molar-refractivity contribution in [3.05, 3.63) is 42.4 Å². The Balaban J connectivity index is 1.69. The fourth-order valence-electron chi connectivity index (χ4n) is 4.11. The Kier molecular flexibility index (Phi) is 5.93. The normalized spacial score (nSPS) is 19.2. The number of likely N-dealkylation sites (N-methyl/N-ethyl adjacent to an activating group) is 1. The van der Waals surface area contributed by atoms with Gasteiger partial charge >= 0.3 is 6.18 Å². The molecule has 3 aromatic heterocycles. The summed E-state index contributed by atoms with van der Waals surface area (Å²) in [4.78, 5) is 6.13. The molecule has 0 radical (unpaired) electrons. The van der Waals surface area contributed by atoms with E-state index in [1.807, 2.05) is 13.0 Å². The SMILES string of the molecule is CCOc1cc(-c2ccc(N3CC(C(F)(F)F)C[C@@H](NC)C3)nc2)c2c(C#N)cnn2c1. The first-order valence-corrected chi connectivity index (χ1v) is 10.3. The predicted molar refractivity (Wildman–Crippen MR) is 114 cm³/mol. The molecule has 3 aromatic rings. The summed E-state index contributed by atoms with van der Waals surface area (Å²) >= 11 is 0. The van der Waals surface area contributed by atoms with Crippen molar-refractivity contribution in [3.63, 3.8) is 0 Å². The van der Waals surface area contributed by atoms with Crippen molar-refractivity contribution in [3.8, 4) is 22.9 Å². The zero-order chi connectivity index (χ0) is 22.9. The van der Waals surface area contributed by atoms with Crippen LogP contribution in [0.5, 0.6) is 5.75 Å². The maximum atomic E-state index is 13.4. The molecule has 4 heterocycles. The van der Waals surface area contributed by atoms with Gasteiger partial charge in [0.1, 0.15) is 17.6 Å². The largest absolute Gasteiger partial charge is 0.492 e. The third-order valence-electron chi connectivity index (χ3n) is 5.72. The minimum absolute atomic E-state index is 0.0505. The number of hydrogen-bond donors (Lipinski definition) is 1. The number of nitriles is 1. The van der Waals surface area contributed by atoms with Crippen LogP contribution in [0, 0.1) is 17.2 Å². The maximum absolute atomic E-state index is 13.4. The highest BCUT2D eigenvalue weighted by atomic mass is 19.4. The van der Waals surface area contributed by atoms with Crippen LogP contribution in [-0.4, -0.2) is 53.6 Å². The standard InChI is InChI=1S/C22H23F3N6O/c1-3-32-18-7-19(21-15(8-26)10-29-31(21)13-18)14-4-5-20(28-9-14)30-11-16(22(23,24)25)6-17(12-30)27-2/h4-5,7,9-10,13,16-17,27H,3,6,11-12H2,1-2H3/t16?,17-/m1/s1. The van der Waals surface area contributed by atoms with Crippen molar-refractivity contribution < 1.29 is 17.9 Å². The summed E-state index contributed by atoms with van der Waals surface area (Å²) in [6.07, 6.45) is 0.594. The summed E-state index contributed by atoms with van der Waals surface area (Å²) in [5.41, 5.74) is 2.46. The summed E-state index contributed by atoms with van der Waals surface area (Å²) in [6, 6.07) is 7.19. The topological polar surface area (TPSA) is 78.5 Å². The zero-order valence-electron chi connectivity index (χ0n) is 17.7. The Hall–Kier alpha value is -3.32. The van der Waals surface area contributed by atoms with E-state index < -0.39 is 12.1 Å². The van der Waals surface area contributed by atoms with Gasteiger partial charge in [-0.05, 0) is 38.6 Å². The molecule has 1 saturated heterocycles. The van der Waals surface area contributed by atoms with Crippen molar-refractivity contribution in [2.24, 2.45) is 5.92 Å². The van der Waals surface area contributed by atoms with Crippen molar-refractivity contribution in [2.75, 3.05) is 31.6 Å². The van der Waals surface area contributed by atoms with E-state index in [2.05, 4.69) is 21.5 Å². The van der Waals surface area contributed by atoms with Gasteiger partial charge in [0, 0.05) is 36.5 Å². The first kappa shape index (κ1) is 21.9. The summed E-state index contributed by atoms with van der Waals surface area (Å²) in [5.74, 6) is -0.343. The Bertz CT molecular complexity index is 1140. The van der Waals surface area contributed by atoms with Crippen LogP contribution < -0.4 is 15.0 Å². The number of pyridine rings is 2. The third kappa shape index (κ3) is 4.21. The van der Waals surface area contributed by atoms with Crippen LogP contribution in [0.3, 0.4) is 0 Å². The van der Waals surface area contributed by atoms with Gasteiger partial charge in [0.2, 0.25) is 0 Å². The van der Waals surface area contributed by atoms with E-state index in [9.17, 15) is 18.4 Å². The molecular weight excluding hydrogens is 421 g/mol. The fraction of sp³-hybridized carbons (Fsp3) is 0.409. The highest BCUT2D eigenvalue weighted by Crippen LogP contribution is 2.35. The molecule has 10 heteroatoms. The van der Waals surface area contributed by atoms with Gasteiger partial charge in [0.05, 0.1) is 36.0 Å². The van der Waals surface area contributed by atoms with E-state index in [4.69, 9.17) is 4.74 Å². The lowest BCUT2D eigenvalue weighted by Gasteiger charge is -2.39. The number of alkyl halides is 3. The minimum Gasteiger partial charge on any atom is -0.492 e. The number of aromatic nitrogens is 3. The molecule has 4 rings (SSSR count). The summed E-state index contributed by atoms with van der Waals surface area (Å²) in [5, 5.41) is 16.7. The molecule has 0 aliphatic carbocycles. The second kappa shape index (κ2) is 8.67. The molecule has 0 amide bonds. The quantitative estimate of drug-likeness (QED) is 0.647. The molecule has 0 spiro atoms. The molecule has 1 N–H and O–H groups in total. The molecule has 1 aliphatic rings. The number of piperidine rings is 1. The van der Waals surface area contributed by atoms with Crippen LogP contribution in [0.1, 0.15) is 18.9 Å². The minimum atomic E-state index is -4.26. The van der Waals surface area contributed by atoms with E-state index in [1.165, 1.54) is 6.20 Å². The Morgan fingerprint density at radius 1 is 1.28 bits per heavy atom. The highest BCUT2D eigenvalue weighted by Gasteiger charge is 2.44. The molecule has 2 atom stereocenters. The average Bonchev–Trinajstić information content (AvgIpc) is 3.21. The molecule has 7 nitrogen and oxygen atoms in total. The second-order valence-electron chi connectivity index (χ2n) is 7.76. The number of fused-ring (bicyclic) bond motifs is 1. The number of nitrogens with zero attached hydrogens (tertiary/aromatic N) is 5. The van der Waals surface area contributed by atoms with Crippen molar-refractivity contribution in [2.45, 2.75) is 25.6 Å². The molecule has 1 fully saturated rings. The van der Waals surface area contributed by atoms with Gasteiger partial charge in [-0.25, -0.2) is 9.50 Å². The van der Waals surface area contributed by atoms with Crippen LogP contribution >= 0.6 is 0 Å². The van der Waals surface area contributed by atoms with E-state index in [1.54, 1.807) is 41.0 Å². The number of nitrogens with one attached hydrogen (secondary N) is 1. The van der Waals surface area contributed by atoms with Gasteiger partial charge < -0.3 is 15.0 Å². The smallest absolute Gasteiger partial charge is 0.393 e. The lowest BCUT2D eigenvalue weighted by molar-refractivity contribution is -0.177. The number of ether oxygens (including phenoxy) is 1.